The molecule has 3 heterocycles. The molecule has 0 radical (unpaired) electrons. The topological polar surface area (TPSA) is 62.1 Å². The molecule has 0 atom stereocenters. The fourth-order valence-electron chi connectivity index (χ4n) is 3.62. The average Bonchev–Trinajstić information content (AvgIpc) is 2.91. The third-order valence-corrected chi connectivity index (χ3v) is 5.07. The van der Waals surface area contributed by atoms with Gasteiger partial charge in [0.1, 0.15) is 11.6 Å². The van der Waals surface area contributed by atoms with Crippen LogP contribution in [0.5, 0.6) is 5.75 Å². The zero-order valence-corrected chi connectivity index (χ0v) is 15.6. The van der Waals surface area contributed by atoms with Crippen molar-refractivity contribution in [1.82, 2.24) is 19.9 Å². The van der Waals surface area contributed by atoms with Gasteiger partial charge in [0.2, 0.25) is 0 Å². The normalized spacial score (nSPS) is 14.6. The van der Waals surface area contributed by atoms with Crippen LogP contribution < -0.4 is 0 Å². The molecule has 0 aliphatic carbocycles. The molecule has 0 saturated heterocycles. The summed E-state index contributed by atoms with van der Waals surface area (Å²) in [6.45, 7) is 4.96. The number of aryl methyl sites for hydroxylation is 1. The quantitative estimate of drug-likeness (QED) is 0.772. The van der Waals surface area contributed by atoms with Crippen LogP contribution in [-0.2, 0) is 25.8 Å². The third-order valence-electron chi connectivity index (χ3n) is 5.07. The lowest BCUT2D eigenvalue weighted by Gasteiger charge is -2.19. The molecule has 1 aliphatic rings. The number of benzene rings is 1. The maximum absolute atomic E-state index is 9.62. The second kappa shape index (κ2) is 7.84. The van der Waals surface area contributed by atoms with Crippen LogP contribution in [0, 0.1) is 0 Å². The molecule has 0 bridgehead atoms. The number of hydrogen-bond donors (Lipinski definition) is 1. The Morgan fingerprint density at radius 3 is 2.59 bits per heavy atom. The number of fused-ring (bicyclic) bond motifs is 1. The average molecular weight is 360 g/mol. The van der Waals surface area contributed by atoms with E-state index in [-0.39, 0.29) is 5.75 Å². The highest BCUT2D eigenvalue weighted by molar-refractivity contribution is 5.65. The molecule has 1 aliphatic heterocycles. The highest BCUT2D eigenvalue weighted by atomic mass is 16.3. The van der Waals surface area contributed by atoms with E-state index in [0.29, 0.717) is 0 Å². The predicted octanol–water partition coefficient (Wildman–Crippen LogP) is 3.41. The summed E-state index contributed by atoms with van der Waals surface area (Å²) in [5, 5.41) is 9.62. The monoisotopic (exact) mass is 360 g/mol. The van der Waals surface area contributed by atoms with Gasteiger partial charge >= 0.3 is 0 Å². The Hall–Kier alpha value is -2.79. The van der Waals surface area contributed by atoms with Gasteiger partial charge in [-0.15, -0.1) is 0 Å². The standard InChI is InChI=1S/C22H24N4O/c1-2-21-24-20-10-13-26(15-16-4-3-11-23-14-16)12-9-19(20)22(25-21)17-5-7-18(27)8-6-17/h3-8,11,14,27H,2,9-10,12-13,15H2,1H3. The van der Waals surface area contributed by atoms with Crippen molar-refractivity contribution >= 4 is 0 Å². The lowest BCUT2D eigenvalue weighted by Crippen LogP contribution is -2.26. The number of pyridine rings is 1. The Morgan fingerprint density at radius 1 is 1.04 bits per heavy atom. The smallest absolute Gasteiger partial charge is 0.129 e. The largest absolute Gasteiger partial charge is 0.508 e. The van der Waals surface area contributed by atoms with Gasteiger partial charge in [-0.3, -0.25) is 9.88 Å². The van der Waals surface area contributed by atoms with Gasteiger partial charge in [-0.2, -0.15) is 0 Å². The Labute approximate surface area is 159 Å². The van der Waals surface area contributed by atoms with E-state index < -0.39 is 0 Å². The summed E-state index contributed by atoms with van der Waals surface area (Å²) in [7, 11) is 0. The first-order valence-electron chi connectivity index (χ1n) is 9.52. The maximum atomic E-state index is 9.62. The molecule has 3 aromatic rings. The molecular formula is C22H24N4O. The summed E-state index contributed by atoms with van der Waals surface area (Å²) in [5.74, 6) is 1.16. The Morgan fingerprint density at radius 2 is 1.85 bits per heavy atom. The van der Waals surface area contributed by atoms with Gasteiger partial charge in [-0.05, 0) is 42.3 Å². The highest BCUT2D eigenvalue weighted by Gasteiger charge is 2.21. The highest BCUT2D eigenvalue weighted by Crippen LogP contribution is 2.28. The van der Waals surface area contributed by atoms with Crippen LogP contribution in [0.15, 0.2) is 48.8 Å². The van der Waals surface area contributed by atoms with E-state index in [1.165, 1.54) is 16.8 Å². The van der Waals surface area contributed by atoms with Crippen LogP contribution in [0.2, 0.25) is 0 Å². The van der Waals surface area contributed by atoms with Crippen molar-refractivity contribution in [2.45, 2.75) is 32.7 Å². The lowest BCUT2D eigenvalue weighted by atomic mass is 10.0. The Balaban J connectivity index is 1.63. The third kappa shape index (κ3) is 3.98. The summed E-state index contributed by atoms with van der Waals surface area (Å²) in [6.07, 6.45) is 6.42. The number of phenols is 1. The van der Waals surface area contributed by atoms with Gasteiger partial charge < -0.3 is 5.11 Å². The van der Waals surface area contributed by atoms with Gasteiger partial charge in [-0.1, -0.05) is 13.0 Å². The van der Waals surface area contributed by atoms with Crippen LogP contribution in [0.3, 0.4) is 0 Å². The minimum absolute atomic E-state index is 0.275. The summed E-state index contributed by atoms with van der Waals surface area (Å²) in [5.41, 5.74) is 5.70. The SMILES string of the molecule is CCc1nc2c(c(-c3ccc(O)cc3)n1)CCN(Cc1cccnc1)CC2. The molecule has 0 amide bonds. The Bertz CT molecular complexity index is 910. The molecule has 5 nitrogen and oxygen atoms in total. The number of aromatic hydroxyl groups is 1. The molecule has 0 saturated carbocycles. The van der Waals surface area contributed by atoms with Crippen molar-refractivity contribution in [3.8, 4) is 17.0 Å². The molecule has 0 unspecified atom stereocenters. The summed E-state index contributed by atoms with van der Waals surface area (Å²) < 4.78 is 0. The number of hydrogen-bond acceptors (Lipinski definition) is 5. The number of phenolic OH excluding ortho intramolecular Hbond substituents is 1. The second-order valence-corrected chi connectivity index (χ2v) is 6.95. The molecule has 1 aromatic carbocycles. The van der Waals surface area contributed by atoms with Crippen molar-refractivity contribution < 1.29 is 5.11 Å². The summed E-state index contributed by atoms with van der Waals surface area (Å²) in [4.78, 5) is 16.4. The minimum atomic E-state index is 0.275. The van der Waals surface area contributed by atoms with Crippen LogP contribution in [0.25, 0.3) is 11.3 Å². The van der Waals surface area contributed by atoms with E-state index in [1.54, 1.807) is 12.1 Å². The first-order valence-corrected chi connectivity index (χ1v) is 9.52. The van der Waals surface area contributed by atoms with Crippen molar-refractivity contribution in [2.75, 3.05) is 13.1 Å². The molecular weight excluding hydrogens is 336 g/mol. The number of nitrogens with zero attached hydrogens (tertiary/aromatic N) is 4. The van der Waals surface area contributed by atoms with Gasteiger partial charge in [0.05, 0.1) is 5.69 Å². The summed E-state index contributed by atoms with van der Waals surface area (Å²) >= 11 is 0. The number of rotatable bonds is 4. The van der Waals surface area contributed by atoms with Gasteiger partial charge in [0, 0.05) is 61.7 Å². The molecule has 2 aromatic heterocycles. The lowest BCUT2D eigenvalue weighted by molar-refractivity contribution is 0.278. The first kappa shape index (κ1) is 17.6. The van der Waals surface area contributed by atoms with Crippen molar-refractivity contribution in [1.29, 1.82) is 0 Å². The molecule has 138 valence electrons. The van der Waals surface area contributed by atoms with Gasteiger partial charge in [0.25, 0.3) is 0 Å². The van der Waals surface area contributed by atoms with E-state index in [9.17, 15) is 5.11 Å². The van der Waals surface area contributed by atoms with E-state index >= 15 is 0 Å². The van der Waals surface area contributed by atoms with Crippen LogP contribution in [0.1, 0.15) is 29.6 Å². The van der Waals surface area contributed by atoms with Crippen LogP contribution in [-0.4, -0.2) is 38.0 Å². The maximum Gasteiger partial charge on any atom is 0.129 e. The van der Waals surface area contributed by atoms with Crippen LogP contribution >= 0.6 is 0 Å². The molecule has 27 heavy (non-hydrogen) atoms. The molecule has 4 rings (SSSR count). The fourth-order valence-corrected chi connectivity index (χ4v) is 3.62. The molecule has 1 N–H and O–H groups in total. The van der Waals surface area contributed by atoms with Crippen LogP contribution in [0.4, 0.5) is 0 Å². The zero-order chi connectivity index (χ0) is 18.6. The number of aromatic nitrogens is 3. The zero-order valence-electron chi connectivity index (χ0n) is 15.6. The Kier molecular flexibility index (Phi) is 5.12. The van der Waals surface area contributed by atoms with E-state index in [2.05, 4.69) is 22.9 Å². The van der Waals surface area contributed by atoms with E-state index in [1.807, 2.05) is 30.6 Å². The predicted molar refractivity (Wildman–Crippen MR) is 105 cm³/mol. The first-order chi connectivity index (χ1) is 13.2. The van der Waals surface area contributed by atoms with Gasteiger partial charge in [-0.25, -0.2) is 9.97 Å². The summed E-state index contributed by atoms with van der Waals surface area (Å²) in [6, 6.07) is 11.4. The van der Waals surface area contributed by atoms with Crippen molar-refractivity contribution in [3.63, 3.8) is 0 Å². The minimum Gasteiger partial charge on any atom is -0.508 e. The van der Waals surface area contributed by atoms with Crippen molar-refractivity contribution in [2.24, 2.45) is 0 Å². The molecule has 5 heteroatoms. The van der Waals surface area contributed by atoms with E-state index in [0.717, 1.165) is 56.0 Å². The fraction of sp³-hybridized carbons (Fsp3) is 0.318. The van der Waals surface area contributed by atoms with E-state index in [4.69, 9.17) is 9.97 Å². The molecule has 0 fully saturated rings. The van der Waals surface area contributed by atoms with Gasteiger partial charge in [0.15, 0.2) is 0 Å². The van der Waals surface area contributed by atoms with Crippen molar-refractivity contribution in [3.05, 3.63) is 71.4 Å². The molecule has 0 spiro atoms. The second-order valence-electron chi connectivity index (χ2n) is 6.95.